The summed E-state index contributed by atoms with van der Waals surface area (Å²) >= 11 is 0. The van der Waals surface area contributed by atoms with Crippen molar-refractivity contribution in [3.05, 3.63) is 120 Å². The van der Waals surface area contributed by atoms with Gasteiger partial charge in [-0.3, -0.25) is 0 Å². The number of rotatable bonds is 5. The van der Waals surface area contributed by atoms with E-state index in [1.807, 2.05) is 66.7 Å². The zero-order valence-electron chi connectivity index (χ0n) is 16.7. The van der Waals surface area contributed by atoms with Crippen LogP contribution in [0.15, 0.2) is 103 Å². The number of ether oxygens (including phenoxy) is 2. The lowest BCUT2D eigenvalue weighted by Crippen LogP contribution is -2.18. The molecule has 0 radical (unpaired) electrons. The van der Waals surface area contributed by atoms with Gasteiger partial charge in [-0.25, -0.2) is 0 Å². The SMILES string of the molecule is C1=CC2(c3ccccc3)OC2C2OC12.O=[PH](Cc1ccccc1)Cc1ccccc1. The first-order valence-corrected chi connectivity index (χ1v) is 12.2. The molecular formula is C26H25O3P. The third-order valence-corrected chi connectivity index (χ3v) is 7.40. The molecule has 30 heavy (non-hydrogen) atoms. The number of epoxide rings is 2. The van der Waals surface area contributed by atoms with Crippen molar-refractivity contribution in [2.45, 2.75) is 36.2 Å². The summed E-state index contributed by atoms with van der Waals surface area (Å²) in [6.07, 6.45) is 6.61. The summed E-state index contributed by atoms with van der Waals surface area (Å²) in [6.45, 7) is 0. The van der Waals surface area contributed by atoms with Crippen LogP contribution >= 0.6 is 7.80 Å². The van der Waals surface area contributed by atoms with E-state index in [2.05, 4.69) is 36.4 Å². The minimum atomic E-state index is -1.54. The lowest BCUT2D eigenvalue weighted by Gasteiger charge is -2.09. The van der Waals surface area contributed by atoms with Crippen LogP contribution in [0.4, 0.5) is 0 Å². The van der Waals surface area contributed by atoms with Crippen molar-refractivity contribution in [2.24, 2.45) is 0 Å². The molecule has 2 fully saturated rings. The molecule has 3 nitrogen and oxygen atoms in total. The molecule has 4 heteroatoms. The van der Waals surface area contributed by atoms with Gasteiger partial charge in [-0.05, 0) is 22.8 Å². The molecule has 1 aliphatic carbocycles. The zero-order valence-corrected chi connectivity index (χ0v) is 17.7. The minimum absolute atomic E-state index is 0.154. The summed E-state index contributed by atoms with van der Waals surface area (Å²) in [7, 11) is -1.54. The third-order valence-electron chi connectivity index (χ3n) is 5.79. The van der Waals surface area contributed by atoms with Crippen molar-refractivity contribution in [1.29, 1.82) is 0 Å². The fourth-order valence-electron chi connectivity index (χ4n) is 4.13. The molecule has 3 aromatic rings. The van der Waals surface area contributed by atoms with Gasteiger partial charge in [0.25, 0.3) is 0 Å². The highest BCUT2D eigenvalue weighted by Crippen LogP contribution is 2.57. The average molecular weight is 416 g/mol. The summed E-state index contributed by atoms with van der Waals surface area (Å²) in [5.74, 6) is 0. The van der Waals surface area contributed by atoms with Gasteiger partial charge in [-0.2, -0.15) is 0 Å². The van der Waals surface area contributed by atoms with Gasteiger partial charge in [0.1, 0.15) is 23.9 Å². The largest absolute Gasteiger partial charge is 0.362 e. The van der Waals surface area contributed by atoms with Gasteiger partial charge in [0.2, 0.25) is 0 Å². The predicted molar refractivity (Wildman–Crippen MR) is 120 cm³/mol. The Bertz CT molecular complexity index is 992. The maximum absolute atomic E-state index is 12.0. The Morgan fingerprint density at radius 3 is 1.87 bits per heavy atom. The molecule has 152 valence electrons. The van der Waals surface area contributed by atoms with Crippen molar-refractivity contribution >= 4 is 7.80 Å². The number of benzene rings is 3. The van der Waals surface area contributed by atoms with Crippen LogP contribution in [0.1, 0.15) is 16.7 Å². The number of hydrogen-bond donors (Lipinski definition) is 0. The molecule has 3 aromatic carbocycles. The molecule has 0 N–H and O–H groups in total. The molecule has 6 rings (SSSR count). The van der Waals surface area contributed by atoms with E-state index in [0.717, 1.165) is 0 Å². The van der Waals surface area contributed by atoms with Gasteiger partial charge in [0, 0.05) is 12.3 Å². The second kappa shape index (κ2) is 8.35. The molecule has 2 saturated heterocycles. The van der Waals surface area contributed by atoms with Crippen molar-refractivity contribution in [3.8, 4) is 0 Å². The maximum atomic E-state index is 12.0. The fourth-order valence-corrected chi connectivity index (χ4v) is 5.64. The third kappa shape index (κ3) is 4.20. The standard InChI is InChI=1S/C14H15OP.C12H10O2/c15-16(11-13-7-3-1-4-8-13)12-14-9-5-2-6-10-14;1-2-4-8(5-3-1)12-7-6-9-10(13-9)11(12)14-12/h1-10,16H,11-12H2;1-7,9-11H. The van der Waals surface area contributed by atoms with Gasteiger partial charge in [0.15, 0.2) is 0 Å². The Kier molecular flexibility index (Phi) is 5.43. The topological polar surface area (TPSA) is 42.1 Å². The molecule has 0 aromatic heterocycles. The predicted octanol–water partition coefficient (Wildman–Crippen LogP) is 5.56. The Balaban J connectivity index is 0.000000129. The van der Waals surface area contributed by atoms with Gasteiger partial charge >= 0.3 is 0 Å². The van der Waals surface area contributed by atoms with Crippen molar-refractivity contribution in [3.63, 3.8) is 0 Å². The lowest BCUT2D eigenvalue weighted by atomic mass is 9.89. The van der Waals surface area contributed by atoms with Crippen LogP contribution in [0.25, 0.3) is 0 Å². The summed E-state index contributed by atoms with van der Waals surface area (Å²) in [6, 6.07) is 30.5. The van der Waals surface area contributed by atoms with Gasteiger partial charge in [-0.1, -0.05) is 97.1 Å². The molecule has 0 bridgehead atoms. The van der Waals surface area contributed by atoms with Crippen LogP contribution in [0.2, 0.25) is 0 Å². The van der Waals surface area contributed by atoms with Crippen LogP contribution in [0, 0.1) is 0 Å². The number of fused-ring (bicyclic) bond motifs is 3. The summed E-state index contributed by atoms with van der Waals surface area (Å²) in [4.78, 5) is 0. The smallest absolute Gasteiger partial charge is 0.141 e. The van der Waals surface area contributed by atoms with E-state index in [9.17, 15) is 4.57 Å². The minimum Gasteiger partial charge on any atom is -0.362 e. The van der Waals surface area contributed by atoms with Crippen LogP contribution in [0.5, 0.6) is 0 Å². The van der Waals surface area contributed by atoms with Crippen molar-refractivity contribution in [1.82, 2.24) is 0 Å². The molecule has 4 unspecified atom stereocenters. The number of hydrogen-bond acceptors (Lipinski definition) is 3. The Hall–Kier alpha value is -2.45. The van der Waals surface area contributed by atoms with Gasteiger partial charge < -0.3 is 14.0 Å². The molecule has 3 aliphatic rings. The molecule has 0 saturated carbocycles. The first-order chi connectivity index (χ1) is 14.7. The molecular weight excluding hydrogens is 391 g/mol. The van der Waals surface area contributed by atoms with E-state index in [1.54, 1.807) is 0 Å². The summed E-state index contributed by atoms with van der Waals surface area (Å²) in [5.41, 5.74) is 3.43. The highest BCUT2D eigenvalue weighted by Gasteiger charge is 2.68. The fraction of sp³-hybridized carbons (Fsp3) is 0.231. The maximum Gasteiger partial charge on any atom is 0.141 e. The summed E-state index contributed by atoms with van der Waals surface area (Å²) in [5, 5.41) is 0. The van der Waals surface area contributed by atoms with Gasteiger partial charge in [-0.15, -0.1) is 0 Å². The van der Waals surface area contributed by atoms with E-state index in [4.69, 9.17) is 9.47 Å². The highest BCUT2D eigenvalue weighted by atomic mass is 31.1. The van der Waals surface area contributed by atoms with Crippen LogP contribution in [0.3, 0.4) is 0 Å². The first-order valence-electron chi connectivity index (χ1n) is 10.4. The van der Waals surface area contributed by atoms with E-state index in [-0.39, 0.29) is 11.7 Å². The van der Waals surface area contributed by atoms with Crippen LogP contribution in [-0.4, -0.2) is 18.3 Å². The second-order valence-electron chi connectivity index (χ2n) is 7.99. The van der Waals surface area contributed by atoms with E-state index in [0.29, 0.717) is 24.5 Å². The molecule has 4 atom stereocenters. The normalized spacial score (nSPS) is 27.4. The van der Waals surface area contributed by atoms with E-state index < -0.39 is 7.80 Å². The van der Waals surface area contributed by atoms with Crippen molar-refractivity contribution < 1.29 is 14.0 Å². The van der Waals surface area contributed by atoms with Crippen LogP contribution < -0.4 is 0 Å². The molecule has 2 heterocycles. The Labute approximate surface area is 178 Å². The van der Waals surface area contributed by atoms with E-state index >= 15 is 0 Å². The van der Waals surface area contributed by atoms with Gasteiger partial charge in [0.05, 0.1) is 7.80 Å². The Morgan fingerprint density at radius 1 is 0.767 bits per heavy atom. The summed E-state index contributed by atoms with van der Waals surface area (Å²) < 4.78 is 23.2. The molecule has 0 amide bonds. The van der Waals surface area contributed by atoms with Crippen LogP contribution in [-0.2, 0) is 32.0 Å². The van der Waals surface area contributed by atoms with Crippen molar-refractivity contribution in [2.75, 3.05) is 0 Å². The monoisotopic (exact) mass is 416 g/mol. The second-order valence-corrected chi connectivity index (χ2v) is 9.77. The lowest BCUT2D eigenvalue weighted by molar-refractivity contribution is 0.294. The molecule has 2 aliphatic heterocycles. The highest BCUT2D eigenvalue weighted by molar-refractivity contribution is 7.42. The zero-order chi connectivity index (χ0) is 20.4. The Morgan fingerprint density at radius 2 is 1.30 bits per heavy atom. The van der Waals surface area contributed by atoms with E-state index in [1.165, 1.54) is 16.7 Å². The average Bonchev–Trinajstić information content (AvgIpc) is 3.69. The molecule has 0 spiro atoms. The first kappa shape index (κ1) is 19.5. The quantitative estimate of drug-likeness (QED) is 0.310.